The first-order valence-electron chi connectivity index (χ1n) is 7.70. The van der Waals surface area contributed by atoms with Crippen LogP contribution < -0.4 is 10.0 Å². The predicted octanol–water partition coefficient (Wildman–Crippen LogP) is 1.35. The maximum absolute atomic E-state index is 12.4. The van der Waals surface area contributed by atoms with Crippen LogP contribution in [0.2, 0.25) is 0 Å². The molecule has 2 unspecified atom stereocenters. The van der Waals surface area contributed by atoms with Gasteiger partial charge in [0.1, 0.15) is 4.90 Å². The SMILES string of the molecule is CNCCn1cc(S(=O)(=O)NC2CCCC(C)CC2)cn1. The van der Waals surface area contributed by atoms with Gasteiger partial charge in [0.15, 0.2) is 0 Å². The Morgan fingerprint density at radius 2 is 2.14 bits per heavy atom. The topological polar surface area (TPSA) is 76.0 Å². The zero-order chi connectivity index (χ0) is 15.3. The predicted molar refractivity (Wildman–Crippen MR) is 82.5 cm³/mol. The Morgan fingerprint density at radius 3 is 2.90 bits per heavy atom. The molecule has 2 atom stereocenters. The maximum atomic E-state index is 12.4. The fourth-order valence-electron chi connectivity index (χ4n) is 2.72. The first-order valence-corrected chi connectivity index (χ1v) is 9.19. The van der Waals surface area contributed by atoms with Gasteiger partial charge in [0, 0.05) is 18.8 Å². The molecule has 0 aliphatic heterocycles. The summed E-state index contributed by atoms with van der Waals surface area (Å²) in [6.07, 6.45) is 8.26. The lowest BCUT2D eigenvalue weighted by Gasteiger charge is -2.15. The van der Waals surface area contributed by atoms with Gasteiger partial charge in [0.05, 0.1) is 12.7 Å². The first kappa shape index (κ1) is 16.5. The zero-order valence-corrected chi connectivity index (χ0v) is 13.7. The normalized spacial score (nSPS) is 23.9. The number of sulfonamides is 1. The highest BCUT2D eigenvalue weighted by atomic mass is 32.2. The standard InChI is InChI=1S/C14H26N4O2S/c1-12-4-3-5-13(7-6-12)17-21(19,20)14-10-16-18(11-14)9-8-15-2/h10-13,15,17H,3-9H2,1-2H3. The van der Waals surface area contributed by atoms with Crippen LogP contribution in [0, 0.1) is 5.92 Å². The second-order valence-corrected chi connectivity index (χ2v) is 7.69. The minimum atomic E-state index is -3.45. The summed E-state index contributed by atoms with van der Waals surface area (Å²) in [7, 11) is -1.59. The van der Waals surface area contributed by atoms with E-state index >= 15 is 0 Å². The van der Waals surface area contributed by atoms with E-state index in [4.69, 9.17) is 0 Å². The minimum absolute atomic E-state index is 0.0561. The Labute approximate surface area is 127 Å². The highest BCUT2D eigenvalue weighted by Crippen LogP contribution is 2.23. The third-order valence-electron chi connectivity index (χ3n) is 4.09. The molecule has 1 fully saturated rings. The summed E-state index contributed by atoms with van der Waals surface area (Å²) in [4.78, 5) is 0.260. The molecule has 1 aliphatic rings. The summed E-state index contributed by atoms with van der Waals surface area (Å²) in [5.41, 5.74) is 0. The van der Waals surface area contributed by atoms with Gasteiger partial charge in [-0.2, -0.15) is 5.10 Å². The summed E-state index contributed by atoms with van der Waals surface area (Å²) in [6, 6.07) is 0.0561. The molecule has 21 heavy (non-hydrogen) atoms. The number of hydrogen-bond donors (Lipinski definition) is 2. The minimum Gasteiger partial charge on any atom is -0.318 e. The summed E-state index contributed by atoms with van der Waals surface area (Å²) in [5, 5.41) is 7.12. The van der Waals surface area contributed by atoms with Gasteiger partial charge in [-0.05, 0) is 32.2 Å². The molecule has 0 radical (unpaired) electrons. The summed E-state index contributed by atoms with van der Waals surface area (Å²) >= 11 is 0. The number of aromatic nitrogens is 2. The van der Waals surface area contributed by atoms with Crippen molar-refractivity contribution >= 4 is 10.0 Å². The van der Waals surface area contributed by atoms with Crippen molar-refractivity contribution in [1.82, 2.24) is 19.8 Å². The third kappa shape index (κ3) is 4.79. The van der Waals surface area contributed by atoms with Crippen molar-refractivity contribution in [2.24, 2.45) is 5.92 Å². The Kier molecular flexibility index (Phi) is 5.78. The monoisotopic (exact) mass is 314 g/mol. The maximum Gasteiger partial charge on any atom is 0.243 e. The Balaban J connectivity index is 1.99. The van der Waals surface area contributed by atoms with E-state index in [1.807, 2.05) is 7.05 Å². The molecule has 6 nitrogen and oxygen atoms in total. The van der Waals surface area contributed by atoms with Crippen molar-refractivity contribution in [3.8, 4) is 0 Å². The molecule has 1 aromatic rings. The van der Waals surface area contributed by atoms with Crippen LogP contribution in [0.25, 0.3) is 0 Å². The van der Waals surface area contributed by atoms with Gasteiger partial charge in [0.2, 0.25) is 10.0 Å². The molecule has 1 aliphatic carbocycles. The van der Waals surface area contributed by atoms with Crippen molar-refractivity contribution in [3.63, 3.8) is 0 Å². The quantitative estimate of drug-likeness (QED) is 0.777. The summed E-state index contributed by atoms with van der Waals surface area (Å²) in [6.45, 7) is 3.66. The van der Waals surface area contributed by atoms with Crippen LogP contribution in [0.15, 0.2) is 17.3 Å². The van der Waals surface area contributed by atoms with Crippen LogP contribution in [0.3, 0.4) is 0 Å². The Morgan fingerprint density at radius 1 is 1.33 bits per heavy atom. The number of nitrogens with zero attached hydrogens (tertiary/aromatic N) is 2. The molecule has 0 saturated heterocycles. The highest BCUT2D eigenvalue weighted by molar-refractivity contribution is 7.89. The molecule has 0 aromatic carbocycles. The molecule has 0 spiro atoms. The lowest BCUT2D eigenvalue weighted by atomic mass is 10.0. The summed E-state index contributed by atoms with van der Waals surface area (Å²) < 4.78 is 29.3. The van der Waals surface area contributed by atoms with Gasteiger partial charge in [-0.25, -0.2) is 13.1 Å². The van der Waals surface area contributed by atoms with Gasteiger partial charge in [-0.3, -0.25) is 4.68 Å². The molecule has 1 saturated carbocycles. The van der Waals surface area contributed by atoms with Gasteiger partial charge in [-0.1, -0.05) is 19.8 Å². The fourth-order valence-corrected chi connectivity index (χ4v) is 3.98. The molecule has 1 heterocycles. The molecule has 1 aromatic heterocycles. The van der Waals surface area contributed by atoms with Gasteiger partial charge < -0.3 is 5.32 Å². The van der Waals surface area contributed by atoms with E-state index in [2.05, 4.69) is 22.1 Å². The van der Waals surface area contributed by atoms with Crippen molar-refractivity contribution in [2.45, 2.75) is 56.5 Å². The van der Waals surface area contributed by atoms with Crippen LogP contribution in [0.5, 0.6) is 0 Å². The molecule has 120 valence electrons. The highest BCUT2D eigenvalue weighted by Gasteiger charge is 2.23. The number of rotatable bonds is 6. The molecule has 0 amide bonds. The Bertz CT molecular complexity index is 541. The molecular weight excluding hydrogens is 288 g/mol. The average molecular weight is 314 g/mol. The Hall–Kier alpha value is -0.920. The van der Waals surface area contributed by atoms with Crippen LogP contribution >= 0.6 is 0 Å². The second-order valence-electron chi connectivity index (χ2n) is 5.97. The third-order valence-corrected chi connectivity index (χ3v) is 5.57. The van der Waals surface area contributed by atoms with Crippen LogP contribution in [0.4, 0.5) is 0 Å². The van der Waals surface area contributed by atoms with E-state index in [1.54, 1.807) is 10.9 Å². The van der Waals surface area contributed by atoms with E-state index in [0.29, 0.717) is 12.5 Å². The van der Waals surface area contributed by atoms with Crippen molar-refractivity contribution in [2.75, 3.05) is 13.6 Å². The molecule has 2 rings (SSSR count). The van der Waals surface area contributed by atoms with Gasteiger partial charge >= 0.3 is 0 Å². The van der Waals surface area contributed by atoms with E-state index in [1.165, 1.54) is 12.6 Å². The number of likely N-dealkylation sites (N-methyl/N-ethyl adjacent to an activating group) is 1. The largest absolute Gasteiger partial charge is 0.318 e. The molecule has 2 N–H and O–H groups in total. The van der Waals surface area contributed by atoms with E-state index < -0.39 is 10.0 Å². The van der Waals surface area contributed by atoms with Gasteiger partial charge in [-0.15, -0.1) is 0 Å². The van der Waals surface area contributed by atoms with E-state index in [-0.39, 0.29) is 10.9 Å². The molecule has 7 heteroatoms. The molecule has 0 bridgehead atoms. The van der Waals surface area contributed by atoms with Crippen LogP contribution in [0.1, 0.15) is 39.0 Å². The first-order chi connectivity index (χ1) is 10.0. The fraction of sp³-hybridized carbons (Fsp3) is 0.786. The van der Waals surface area contributed by atoms with Gasteiger partial charge in [0.25, 0.3) is 0 Å². The average Bonchev–Trinajstić information content (AvgIpc) is 2.83. The lowest BCUT2D eigenvalue weighted by Crippen LogP contribution is -2.34. The lowest BCUT2D eigenvalue weighted by molar-refractivity contribution is 0.484. The van der Waals surface area contributed by atoms with Crippen molar-refractivity contribution < 1.29 is 8.42 Å². The second kappa shape index (κ2) is 7.38. The molecular formula is C14H26N4O2S. The smallest absolute Gasteiger partial charge is 0.243 e. The number of hydrogen-bond acceptors (Lipinski definition) is 4. The van der Waals surface area contributed by atoms with Crippen LogP contribution in [-0.2, 0) is 16.6 Å². The zero-order valence-electron chi connectivity index (χ0n) is 12.9. The van der Waals surface area contributed by atoms with Crippen molar-refractivity contribution in [1.29, 1.82) is 0 Å². The number of nitrogens with one attached hydrogen (secondary N) is 2. The van der Waals surface area contributed by atoms with E-state index in [0.717, 1.165) is 32.2 Å². The van der Waals surface area contributed by atoms with Crippen LogP contribution in [-0.4, -0.2) is 37.8 Å². The van der Waals surface area contributed by atoms with E-state index in [9.17, 15) is 8.42 Å². The summed E-state index contributed by atoms with van der Waals surface area (Å²) in [5.74, 6) is 0.698. The van der Waals surface area contributed by atoms with Crippen molar-refractivity contribution in [3.05, 3.63) is 12.4 Å².